The molecular weight excluding hydrogens is 305 g/mol. The minimum Gasteiger partial charge on any atom is -0.372 e. The molecule has 4 heteroatoms. The molecule has 0 saturated heterocycles. The van der Waals surface area contributed by atoms with Crippen LogP contribution in [0.3, 0.4) is 0 Å². The molecule has 0 saturated carbocycles. The van der Waals surface area contributed by atoms with E-state index < -0.39 is 0 Å². The smallest absolute Gasteiger partial charge is 0.227 e. The van der Waals surface area contributed by atoms with Crippen molar-refractivity contribution in [2.45, 2.75) is 38.3 Å². The summed E-state index contributed by atoms with van der Waals surface area (Å²) in [7, 11) is 0. The lowest BCUT2D eigenvalue weighted by Crippen LogP contribution is -2.40. The van der Waals surface area contributed by atoms with Crippen molar-refractivity contribution in [3.8, 4) is 0 Å². The summed E-state index contributed by atoms with van der Waals surface area (Å²) < 4.78 is 18.9. The van der Waals surface area contributed by atoms with E-state index in [-0.39, 0.29) is 29.8 Å². The Morgan fingerprint density at radius 1 is 1.25 bits per heavy atom. The fourth-order valence-corrected chi connectivity index (χ4v) is 3.28. The van der Waals surface area contributed by atoms with Gasteiger partial charge in [0.2, 0.25) is 5.91 Å². The van der Waals surface area contributed by atoms with Gasteiger partial charge in [-0.25, -0.2) is 4.39 Å². The fraction of sp³-hybridized carbons (Fsp3) is 0.350. The highest BCUT2D eigenvalue weighted by Crippen LogP contribution is 2.34. The van der Waals surface area contributed by atoms with Gasteiger partial charge in [-0.3, -0.25) is 4.79 Å². The molecule has 0 heterocycles. The van der Waals surface area contributed by atoms with E-state index in [4.69, 9.17) is 4.74 Å². The van der Waals surface area contributed by atoms with E-state index in [0.29, 0.717) is 6.61 Å². The largest absolute Gasteiger partial charge is 0.372 e. The molecule has 0 spiro atoms. The molecule has 126 valence electrons. The van der Waals surface area contributed by atoms with E-state index in [1.54, 1.807) is 12.1 Å². The van der Waals surface area contributed by atoms with Crippen molar-refractivity contribution >= 4 is 5.91 Å². The van der Waals surface area contributed by atoms with Gasteiger partial charge in [-0.05, 0) is 49.1 Å². The van der Waals surface area contributed by atoms with Gasteiger partial charge in [0.05, 0.1) is 12.0 Å². The van der Waals surface area contributed by atoms with Crippen LogP contribution in [0.2, 0.25) is 0 Å². The molecule has 1 N–H and O–H groups in total. The molecule has 3 unspecified atom stereocenters. The van der Waals surface area contributed by atoms with Crippen LogP contribution in [0.4, 0.5) is 4.39 Å². The van der Waals surface area contributed by atoms with E-state index in [9.17, 15) is 9.18 Å². The molecule has 1 amide bonds. The van der Waals surface area contributed by atoms with E-state index in [1.807, 2.05) is 26.0 Å². The molecule has 3 atom stereocenters. The SMILES string of the molecule is CCOC1c2ccccc2CC1NC(=O)C(C)c1ccc(F)cc1. The molecule has 24 heavy (non-hydrogen) atoms. The Morgan fingerprint density at radius 3 is 2.67 bits per heavy atom. The zero-order valence-corrected chi connectivity index (χ0v) is 14.0. The third-order valence-electron chi connectivity index (χ3n) is 4.60. The summed E-state index contributed by atoms with van der Waals surface area (Å²) in [6, 6.07) is 14.1. The molecule has 0 bridgehead atoms. The van der Waals surface area contributed by atoms with Gasteiger partial charge < -0.3 is 10.1 Å². The first-order valence-electron chi connectivity index (χ1n) is 8.35. The third-order valence-corrected chi connectivity index (χ3v) is 4.60. The Hall–Kier alpha value is -2.20. The van der Waals surface area contributed by atoms with E-state index >= 15 is 0 Å². The number of hydrogen-bond donors (Lipinski definition) is 1. The number of benzene rings is 2. The molecular formula is C20H22FNO2. The fourth-order valence-electron chi connectivity index (χ4n) is 3.28. The summed E-state index contributed by atoms with van der Waals surface area (Å²) in [5.41, 5.74) is 3.17. The van der Waals surface area contributed by atoms with Crippen molar-refractivity contribution in [1.82, 2.24) is 5.32 Å². The number of nitrogens with one attached hydrogen (secondary N) is 1. The van der Waals surface area contributed by atoms with Crippen LogP contribution in [0.25, 0.3) is 0 Å². The van der Waals surface area contributed by atoms with Crippen molar-refractivity contribution in [3.63, 3.8) is 0 Å². The topological polar surface area (TPSA) is 38.3 Å². The second kappa shape index (κ2) is 7.14. The van der Waals surface area contributed by atoms with E-state index in [0.717, 1.165) is 17.5 Å². The van der Waals surface area contributed by atoms with Crippen LogP contribution in [-0.2, 0) is 16.0 Å². The highest BCUT2D eigenvalue weighted by Gasteiger charge is 2.34. The summed E-state index contributed by atoms with van der Waals surface area (Å²) in [6.07, 6.45) is 0.651. The Kier molecular flexibility index (Phi) is 4.95. The highest BCUT2D eigenvalue weighted by atomic mass is 19.1. The maximum atomic E-state index is 13.0. The Labute approximate surface area is 141 Å². The average molecular weight is 327 g/mol. The van der Waals surface area contributed by atoms with Gasteiger partial charge in [-0.1, -0.05) is 36.4 Å². The molecule has 1 aliphatic rings. The molecule has 0 aliphatic heterocycles. The lowest BCUT2D eigenvalue weighted by Gasteiger charge is -2.23. The molecule has 1 aliphatic carbocycles. The average Bonchev–Trinajstić information content (AvgIpc) is 2.93. The number of ether oxygens (including phenoxy) is 1. The van der Waals surface area contributed by atoms with Gasteiger partial charge in [-0.15, -0.1) is 0 Å². The molecule has 0 radical (unpaired) electrons. The number of halogens is 1. The standard InChI is InChI=1S/C20H22FNO2/c1-3-24-19-17-7-5-4-6-15(17)12-18(19)22-20(23)13(2)14-8-10-16(21)11-9-14/h4-11,13,18-19H,3,12H2,1-2H3,(H,22,23). The zero-order valence-electron chi connectivity index (χ0n) is 14.0. The van der Waals surface area contributed by atoms with Crippen molar-refractivity contribution in [2.75, 3.05) is 6.61 Å². The molecule has 2 aromatic carbocycles. The third kappa shape index (κ3) is 3.34. The lowest BCUT2D eigenvalue weighted by molar-refractivity contribution is -0.124. The summed E-state index contributed by atoms with van der Waals surface area (Å²) in [6.45, 7) is 4.39. The number of carbonyl (C=O) groups excluding carboxylic acids is 1. The predicted octanol–water partition coefficient (Wildman–Crippen LogP) is 3.75. The van der Waals surface area contributed by atoms with Crippen LogP contribution in [-0.4, -0.2) is 18.6 Å². The number of rotatable bonds is 5. The van der Waals surface area contributed by atoms with Crippen LogP contribution >= 0.6 is 0 Å². The first-order valence-corrected chi connectivity index (χ1v) is 8.35. The van der Waals surface area contributed by atoms with Gasteiger partial charge in [0.25, 0.3) is 0 Å². The van der Waals surface area contributed by atoms with Crippen LogP contribution in [0, 0.1) is 5.82 Å². The van der Waals surface area contributed by atoms with Crippen molar-refractivity contribution in [2.24, 2.45) is 0 Å². The van der Waals surface area contributed by atoms with Gasteiger partial charge >= 0.3 is 0 Å². The van der Waals surface area contributed by atoms with Crippen LogP contribution in [0.1, 0.15) is 42.6 Å². The summed E-state index contributed by atoms with van der Waals surface area (Å²) in [5, 5.41) is 3.12. The highest BCUT2D eigenvalue weighted by molar-refractivity contribution is 5.83. The Morgan fingerprint density at radius 2 is 1.96 bits per heavy atom. The Balaban J connectivity index is 1.73. The zero-order chi connectivity index (χ0) is 17.1. The normalized spacial score (nSPS) is 20.5. The van der Waals surface area contributed by atoms with Gasteiger partial charge in [0.1, 0.15) is 11.9 Å². The van der Waals surface area contributed by atoms with Crippen LogP contribution in [0.15, 0.2) is 48.5 Å². The molecule has 0 fully saturated rings. The number of amides is 1. The number of fused-ring (bicyclic) bond motifs is 1. The van der Waals surface area contributed by atoms with E-state index in [2.05, 4.69) is 17.4 Å². The maximum absolute atomic E-state index is 13.0. The second-order valence-corrected chi connectivity index (χ2v) is 6.17. The van der Waals surface area contributed by atoms with Gasteiger partial charge in [0.15, 0.2) is 0 Å². The monoisotopic (exact) mass is 327 g/mol. The quantitative estimate of drug-likeness (QED) is 0.908. The minimum atomic E-state index is -0.336. The lowest BCUT2D eigenvalue weighted by atomic mass is 9.99. The molecule has 3 rings (SSSR count). The maximum Gasteiger partial charge on any atom is 0.227 e. The first kappa shape index (κ1) is 16.7. The number of carbonyl (C=O) groups is 1. The summed E-state index contributed by atoms with van der Waals surface area (Å²) >= 11 is 0. The summed E-state index contributed by atoms with van der Waals surface area (Å²) in [4.78, 5) is 12.6. The Bertz CT molecular complexity index is 714. The van der Waals surface area contributed by atoms with Crippen LogP contribution < -0.4 is 5.32 Å². The number of hydrogen-bond acceptors (Lipinski definition) is 2. The van der Waals surface area contributed by atoms with Gasteiger partial charge in [-0.2, -0.15) is 0 Å². The summed E-state index contributed by atoms with van der Waals surface area (Å²) in [5.74, 6) is -0.699. The minimum absolute atomic E-state index is 0.0656. The predicted molar refractivity (Wildman–Crippen MR) is 91.3 cm³/mol. The van der Waals surface area contributed by atoms with Crippen molar-refractivity contribution in [1.29, 1.82) is 0 Å². The van der Waals surface area contributed by atoms with Crippen LogP contribution in [0.5, 0.6) is 0 Å². The molecule has 0 aromatic heterocycles. The first-order chi connectivity index (χ1) is 11.6. The van der Waals surface area contributed by atoms with Crippen molar-refractivity contribution in [3.05, 3.63) is 71.0 Å². The molecule has 2 aromatic rings. The second-order valence-electron chi connectivity index (χ2n) is 6.17. The van der Waals surface area contributed by atoms with Crippen molar-refractivity contribution < 1.29 is 13.9 Å². The molecule has 3 nitrogen and oxygen atoms in total. The van der Waals surface area contributed by atoms with E-state index in [1.165, 1.54) is 17.7 Å². The van der Waals surface area contributed by atoms with Gasteiger partial charge in [0, 0.05) is 6.61 Å².